The number of rotatable bonds is 11. The molecule has 73 heavy (non-hydrogen) atoms. The van der Waals surface area contributed by atoms with E-state index < -0.39 is 71.4 Å². The topological polar surface area (TPSA) is 166 Å². The Bertz CT molecular complexity index is 2690. The number of fused-ring (bicyclic) bond motifs is 6. The molecule has 0 radical (unpaired) electrons. The van der Waals surface area contributed by atoms with Crippen molar-refractivity contribution >= 4 is 58.2 Å². The Morgan fingerprint density at radius 1 is 1.12 bits per heavy atom. The summed E-state index contributed by atoms with van der Waals surface area (Å²) in [5.41, 5.74) is 6.09. The number of aromatic nitrogens is 2. The SMILES string of the molecule is C=C=C(C=N/C(=C/c1c2c3cc(c(F)cc3n1CC(F)(F)F)-c1csc(n1)C[C@H](NC(=O)[C@H](C(C)C)N1CC[C@@]3(CCNC3)C1=O)C(=O)N1CCC[C@H](N1)C(=O)OCC(C)(C)C2)[C@H](C)OC)N1CCN(C)CC1. The minimum absolute atomic E-state index is 0.00734. The fourth-order valence-electron chi connectivity index (χ4n) is 10.7. The standard InChI is InChI=1S/C52H68F4N10O6S/c1-9-33(63-19-17-62(7)18-20-63)26-58-39(32(4)71-8)23-43-36-25-50(5,6)30-72-48(69)38-11-10-15-66(61-38)47(68)40(60-46(67)45(31(2)3)64-16-13-51(49(64)70)12-14-57-28-51)24-44-59-41(27-73-44)35-21-34(36)42(22-37(35)53)65(43)29-52(54,55)56/h21-23,26-27,31-32,38,40,45,57,61H,1,10-20,24-25,28-30H2,2-8H3,(H,60,67)/b39-23+,58-26?/t32-,38-,40-,45-,51+/m0/s1. The summed E-state index contributed by atoms with van der Waals surface area (Å²) in [5.74, 6) is -2.93. The van der Waals surface area contributed by atoms with Crippen molar-refractivity contribution in [1.82, 2.24) is 45.3 Å². The summed E-state index contributed by atoms with van der Waals surface area (Å²) < 4.78 is 74.0. The van der Waals surface area contributed by atoms with Crippen molar-refractivity contribution in [1.29, 1.82) is 0 Å². The van der Waals surface area contributed by atoms with Crippen molar-refractivity contribution in [3.63, 3.8) is 0 Å². The Balaban J connectivity index is 1.23. The zero-order valence-electron chi connectivity index (χ0n) is 42.8. The summed E-state index contributed by atoms with van der Waals surface area (Å²) in [6.45, 7) is 16.2. The second kappa shape index (κ2) is 21.8. The van der Waals surface area contributed by atoms with E-state index in [4.69, 9.17) is 19.5 Å². The summed E-state index contributed by atoms with van der Waals surface area (Å²) in [5, 5.41) is 9.85. The molecule has 1 aromatic carbocycles. The maximum Gasteiger partial charge on any atom is 0.406 e. The van der Waals surface area contributed by atoms with Crippen LogP contribution in [0.5, 0.6) is 0 Å². The molecule has 0 unspecified atom stereocenters. The van der Waals surface area contributed by atoms with Gasteiger partial charge in [-0.1, -0.05) is 34.3 Å². The number of benzene rings is 1. The summed E-state index contributed by atoms with van der Waals surface area (Å²) in [4.78, 5) is 72.6. The number of cyclic esters (lactones) is 1. The molecule has 21 heteroatoms. The summed E-state index contributed by atoms with van der Waals surface area (Å²) in [6.07, 6.45) is -0.342. The number of hydrogen-bond acceptors (Lipinski definition) is 13. The van der Waals surface area contributed by atoms with Crippen LogP contribution in [0.25, 0.3) is 28.2 Å². The summed E-state index contributed by atoms with van der Waals surface area (Å²) >= 11 is 1.13. The third kappa shape index (κ3) is 11.8. The number of likely N-dealkylation sites (tertiary alicyclic amines) is 1. The number of amides is 3. The number of methoxy groups -OCH3 is 1. The number of hydrazine groups is 1. The number of piperazine rings is 1. The predicted octanol–water partition coefficient (Wildman–Crippen LogP) is 5.71. The van der Waals surface area contributed by atoms with Crippen LogP contribution in [-0.4, -0.2) is 163 Å². The summed E-state index contributed by atoms with van der Waals surface area (Å²) in [6, 6.07) is -0.473. The van der Waals surface area contributed by atoms with Crippen LogP contribution in [0.1, 0.15) is 76.6 Å². The lowest BCUT2D eigenvalue weighted by molar-refractivity contribution is -0.155. The van der Waals surface area contributed by atoms with Crippen molar-refractivity contribution in [2.75, 3.05) is 73.1 Å². The molecule has 6 bridgehead atoms. The number of thiazole rings is 1. The van der Waals surface area contributed by atoms with Gasteiger partial charge in [0.25, 0.3) is 5.91 Å². The largest absolute Gasteiger partial charge is 0.464 e. The van der Waals surface area contributed by atoms with Crippen LogP contribution in [0.15, 0.2) is 46.2 Å². The highest BCUT2D eigenvalue weighted by molar-refractivity contribution is 7.10. The number of halogens is 4. The van der Waals surface area contributed by atoms with Crippen LogP contribution in [0.2, 0.25) is 0 Å². The van der Waals surface area contributed by atoms with Gasteiger partial charge in [-0.05, 0) is 82.3 Å². The maximum atomic E-state index is 16.8. The lowest BCUT2D eigenvalue weighted by Crippen LogP contribution is -2.62. The highest BCUT2D eigenvalue weighted by atomic mass is 32.1. The van der Waals surface area contributed by atoms with Gasteiger partial charge in [-0.25, -0.2) is 14.8 Å². The van der Waals surface area contributed by atoms with E-state index in [2.05, 4.69) is 38.2 Å². The van der Waals surface area contributed by atoms with E-state index >= 15 is 4.39 Å². The van der Waals surface area contributed by atoms with E-state index in [1.54, 1.807) is 29.5 Å². The van der Waals surface area contributed by atoms with E-state index in [1.165, 1.54) is 18.2 Å². The molecule has 5 aliphatic heterocycles. The molecule has 7 heterocycles. The molecule has 0 aliphatic carbocycles. The number of ether oxygens (including phenoxy) is 2. The van der Waals surface area contributed by atoms with Crippen LogP contribution in [0.3, 0.4) is 0 Å². The fraction of sp³-hybridized carbons (Fsp3) is 0.596. The van der Waals surface area contributed by atoms with Crippen molar-refractivity contribution in [2.24, 2.45) is 21.7 Å². The van der Waals surface area contributed by atoms with Crippen LogP contribution < -0.4 is 16.1 Å². The molecule has 3 amide bonds. The molecule has 5 atom stereocenters. The molecule has 2 aromatic heterocycles. The highest BCUT2D eigenvalue weighted by Gasteiger charge is 2.52. The van der Waals surface area contributed by atoms with Gasteiger partial charge in [0.05, 0.1) is 52.0 Å². The number of esters is 1. The molecule has 0 saturated carbocycles. The number of carbonyl (C=O) groups is 4. The van der Waals surface area contributed by atoms with Gasteiger partial charge in [0.15, 0.2) is 0 Å². The molecule has 4 saturated heterocycles. The molecule has 3 aromatic rings. The Morgan fingerprint density at radius 3 is 2.55 bits per heavy atom. The Labute approximate surface area is 427 Å². The zero-order chi connectivity index (χ0) is 52.6. The predicted molar refractivity (Wildman–Crippen MR) is 271 cm³/mol. The van der Waals surface area contributed by atoms with Gasteiger partial charge in [0.1, 0.15) is 30.5 Å². The van der Waals surface area contributed by atoms with Gasteiger partial charge in [-0.15, -0.1) is 17.1 Å². The molecule has 8 rings (SSSR count). The molecule has 5 aliphatic rings. The van der Waals surface area contributed by atoms with E-state index in [9.17, 15) is 32.3 Å². The monoisotopic (exact) mass is 1040 g/mol. The normalized spacial score (nSPS) is 24.4. The molecule has 3 N–H and O–H groups in total. The average Bonchev–Trinajstić information content (AvgIpc) is 4.14. The molecule has 4 fully saturated rings. The van der Waals surface area contributed by atoms with Crippen molar-refractivity contribution in [3.05, 3.63) is 63.3 Å². The van der Waals surface area contributed by atoms with Crippen molar-refractivity contribution in [2.45, 2.75) is 110 Å². The third-order valence-corrected chi connectivity index (χ3v) is 15.8. The minimum Gasteiger partial charge on any atom is -0.464 e. The van der Waals surface area contributed by atoms with Crippen LogP contribution in [0, 0.1) is 22.6 Å². The van der Waals surface area contributed by atoms with Crippen LogP contribution >= 0.6 is 11.3 Å². The van der Waals surface area contributed by atoms with Gasteiger partial charge in [0.2, 0.25) is 11.8 Å². The first-order valence-electron chi connectivity index (χ1n) is 25.2. The second-order valence-electron chi connectivity index (χ2n) is 21.3. The number of carbonyl (C=O) groups excluding carboxylic acids is 4. The molecular weight excluding hydrogens is 969 g/mol. The van der Waals surface area contributed by atoms with E-state index in [1.807, 2.05) is 34.7 Å². The number of aliphatic imine (C=N–C) groups is 1. The summed E-state index contributed by atoms with van der Waals surface area (Å²) in [7, 11) is 3.50. The fourth-order valence-corrected chi connectivity index (χ4v) is 11.6. The van der Waals surface area contributed by atoms with E-state index in [0.29, 0.717) is 80.1 Å². The third-order valence-electron chi connectivity index (χ3n) is 14.9. The Kier molecular flexibility index (Phi) is 16.1. The first-order chi connectivity index (χ1) is 34.6. The first-order valence-corrected chi connectivity index (χ1v) is 26.0. The lowest BCUT2D eigenvalue weighted by atomic mass is 9.85. The number of allylic oxidation sites excluding steroid dienone is 1. The number of nitrogens with one attached hydrogen (secondary N) is 3. The molecule has 1 spiro atoms. The molecule has 396 valence electrons. The second-order valence-corrected chi connectivity index (χ2v) is 22.2. The van der Waals surface area contributed by atoms with Gasteiger partial charge < -0.3 is 39.4 Å². The highest BCUT2D eigenvalue weighted by Crippen LogP contribution is 2.41. The number of likely N-dealkylation sites (N-methyl/N-ethyl adjacent to an activating group) is 1. The quantitative estimate of drug-likeness (QED) is 0.0933. The van der Waals surface area contributed by atoms with Gasteiger partial charge in [0, 0.05) is 86.8 Å². The Morgan fingerprint density at radius 2 is 1.88 bits per heavy atom. The van der Waals surface area contributed by atoms with Gasteiger partial charge >= 0.3 is 12.1 Å². The number of alkyl halides is 3. The van der Waals surface area contributed by atoms with E-state index in [0.717, 1.165) is 35.1 Å². The number of nitrogens with zero attached hydrogens (tertiary/aromatic N) is 7. The van der Waals surface area contributed by atoms with Gasteiger partial charge in [-0.2, -0.15) is 13.2 Å². The van der Waals surface area contributed by atoms with Crippen molar-refractivity contribution in [3.8, 4) is 11.3 Å². The van der Waals surface area contributed by atoms with Crippen LogP contribution in [0.4, 0.5) is 17.6 Å². The average molecular weight is 1040 g/mol. The first kappa shape index (κ1) is 53.8. The van der Waals surface area contributed by atoms with Crippen molar-refractivity contribution < 1.29 is 46.2 Å². The van der Waals surface area contributed by atoms with Crippen LogP contribution in [-0.2, 0) is 48.0 Å². The maximum absolute atomic E-state index is 16.8. The smallest absolute Gasteiger partial charge is 0.406 e. The van der Waals surface area contributed by atoms with E-state index in [-0.39, 0.29) is 66.0 Å². The number of hydrogen-bond donors (Lipinski definition) is 3. The molecule has 16 nitrogen and oxygen atoms in total. The minimum atomic E-state index is -4.74. The zero-order valence-corrected chi connectivity index (χ0v) is 43.6. The van der Waals surface area contributed by atoms with Gasteiger partial charge in [-0.3, -0.25) is 29.2 Å². The lowest BCUT2D eigenvalue weighted by Gasteiger charge is -2.36. The Hall–Kier alpha value is -5.44. The molecular formula is C52H68F4N10O6S.